The molecule has 0 radical (unpaired) electrons. The Hall–Kier alpha value is -9.95. The topological polar surface area (TPSA) is 61.7 Å². The Labute approximate surface area is 439 Å². The Morgan fingerprint density at radius 1 is 0.303 bits per heavy atom. The van der Waals surface area contributed by atoms with E-state index in [1.807, 2.05) is 47.7 Å². The number of nitrogens with zero attached hydrogens (tertiary/aromatic N) is 5. The molecule has 0 bridgehead atoms. The molecule has 0 fully saturated rings. The van der Waals surface area contributed by atoms with Crippen molar-refractivity contribution in [2.45, 2.75) is 0 Å². The van der Waals surface area contributed by atoms with E-state index < -0.39 is 0 Å². The number of fused-ring (bicyclic) bond motifs is 12. The predicted octanol–water partition coefficient (Wildman–Crippen LogP) is 18.7. The van der Waals surface area contributed by atoms with Gasteiger partial charge in [-0.1, -0.05) is 170 Å². The van der Waals surface area contributed by atoms with Gasteiger partial charge in [-0.05, 0) is 107 Å². The second-order valence-electron chi connectivity index (χ2n) is 19.5. The van der Waals surface area contributed by atoms with Crippen LogP contribution < -0.4 is 0 Å². The number of hydrogen-bond acceptors (Lipinski definition) is 5. The summed E-state index contributed by atoms with van der Waals surface area (Å²) in [6.07, 6.45) is 0. The molecule has 0 saturated carbocycles. The quantitative estimate of drug-likeness (QED) is 0.160. The van der Waals surface area contributed by atoms with Crippen LogP contribution in [0.3, 0.4) is 0 Å². The second kappa shape index (κ2) is 16.8. The summed E-state index contributed by atoms with van der Waals surface area (Å²) < 4.78 is 13.7. The van der Waals surface area contributed by atoms with Crippen LogP contribution in [0.15, 0.2) is 253 Å². The van der Waals surface area contributed by atoms with Crippen molar-refractivity contribution in [1.82, 2.24) is 24.1 Å². The van der Waals surface area contributed by atoms with Gasteiger partial charge in [-0.25, -0.2) is 4.98 Å². The van der Waals surface area contributed by atoms with E-state index >= 15 is 0 Å². The Morgan fingerprint density at radius 2 is 0.868 bits per heavy atom. The third kappa shape index (κ3) is 6.69. The van der Waals surface area contributed by atoms with E-state index in [1.54, 1.807) is 0 Å². The largest absolute Gasteiger partial charge is 0.456 e. The summed E-state index contributed by atoms with van der Waals surface area (Å²) in [5.74, 6) is 1.64. The lowest BCUT2D eigenvalue weighted by Crippen LogP contribution is -2.07. The number of hydrogen-bond donors (Lipinski definition) is 0. The fraction of sp³-hybridized carbons (Fsp3) is 0. The molecule has 354 valence electrons. The van der Waals surface area contributed by atoms with Crippen LogP contribution in [0.25, 0.3) is 154 Å². The van der Waals surface area contributed by atoms with Gasteiger partial charge in [0, 0.05) is 74.9 Å². The van der Waals surface area contributed by atoms with Crippen molar-refractivity contribution in [2.24, 2.45) is 0 Å². The molecule has 0 unspecified atom stereocenters. The molecule has 5 heterocycles. The first-order valence-electron chi connectivity index (χ1n) is 25.6. The Kier molecular flexibility index (Phi) is 9.40. The van der Waals surface area contributed by atoms with Gasteiger partial charge in [0.2, 0.25) is 5.95 Å². The smallest absolute Gasteiger partial charge is 0.238 e. The van der Waals surface area contributed by atoms with Crippen molar-refractivity contribution >= 4 is 97.1 Å². The molecule has 11 aromatic carbocycles. The second-order valence-corrected chi connectivity index (χ2v) is 20.6. The molecule has 0 aliphatic rings. The molecule has 0 N–H and O–H groups in total. The number of aromatic nitrogens is 5. The average molecular weight is 988 g/mol. The molecule has 6 nitrogen and oxygen atoms in total. The summed E-state index contributed by atoms with van der Waals surface area (Å²) in [5.41, 5.74) is 15.5. The summed E-state index contributed by atoms with van der Waals surface area (Å²) >= 11 is 1.85. The Morgan fingerprint density at radius 3 is 1.66 bits per heavy atom. The van der Waals surface area contributed by atoms with Crippen molar-refractivity contribution in [3.8, 4) is 67.8 Å². The normalized spacial score (nSPS) is 11.9. The van der Waals surface area contributed by atoms with Crippen molar-refractivity contribution in [2.75, 3.05) is 0 Å². The van der Waals surface area contributed by atoms with Gasteiger partial charge in [0.05, 0.1) is 22.1 Å². The predicted molar refractivity (Wildman–Crippen MR) is 316 cm³/mol. The fourth-order valence-corrected chi connectivity index (χ4v) is 12.7. The van der Waals surface area contributed by atoms with Gasteiger partial charge < -0.3 is 8.98 Å². The minimum absolute atomic E-state index is 0.518. The molecule has 16 aromatic rings. The average Bonchev–Trinajstić information content (AvgIpc) is 4.25. The van der Waals surface area contributed by atoms with Gasteiger partial charge >= 0.3 is 0 Å². The van der Waals surface area contributed by atoms with Gasteiger partial charge in [0.1, 0.15) is 11.2 Å². The monoisotopic (exact) mass is 987 g/mol. The molecule has 5 aromatic heterocycles. The zero-order valence-corrected chi connectivity index (χ0v) is 41.5. The van der Waals surface area contributed by atoms with Gasteiger partial charge in [0.15, 0.2) is 11.6 Å². The van der Waals surface area contributed by atoms with E-state index in [1.165, 1.54) is 42.1 Å². The highest BCUT2D eigenvalue weighted by atomic mass is 32.1. The summed E-state index contributed by atoms with van der Waals surface area (Å²) in [4.78, 5) is 16.1. The van der Waals surface area contributed by atoms with Crippen LogP contribution in [0.1, 0.15) is 0 Å². The first kappa shape index (κ1) is 42.5. The maximum atomic E-state index is 6.43. The molecule has 0 saturated heterocycles. The van der Waals surface area contributed by atoms with Crippen LogP contribution in [0.4, 0.5) is 0 Å². The summed E-state index contributed by atoms with van der Waals surface area (Å²) in [5, 5.41) is 9.33. The molecule has 76 heavy (non-hydrogen) atoms. The maximum Gasteiger partial charge on any atom is 0.238 e. The van der Waals surface area contributed by atoms with E-state index in [4.69, 9.17) is 19.4 Å². The van der Waals surface area contributed by atoms with Gasteiger partial charge in [-0.3, -0.25) is 4.57 Å². The van der Waals surface area contributed by atoms with Gasteiger partial charge in [-0.2, -0.15) is 9.97 Å². The van der Waals surface area contributed by atoms with Crippen LogP contribution in [0, 0.1) is 0 Å². The number of para-hydroxylation sites is 4. The highest BCUT2D eigenvalue weighted by Crippen LogP contribution is 2.43. The number of thiophene rings is 1. The number of furan rings is 1. The molecular formula is C69H41N5OS. The van der Waals surface area contributed by atoms with Crippen molar-refractivity contribution in [3.63, 3.8) is 0 Å². The molecule has 0 amide bonds. The van der Waals surface area contributed by atoms with Crippen molar-refractivity contribution in [1.29, 1.82) is 0 Å². The van der Waals surface area contributed by atoms with Crippen LogP contribution in [0.2, 0.25) is 0 Å². The third-order valence-electron chi connectivity index (χ3n) is 15.2. The molecule has 16 rings (SSSR count). The lowest BCUT2D eigenvalue weighted by Gasteiger charge is -2.14. The van der Waals surface area contributed by atoms with Gasteiger partial charge in [0.25, 0.3) is 0 Å². The molecule has 7 heteroatoms. The van der Waals surface area contributed by atoms with Crippen LogP contribution >= 0.6 is 11.3 Å². The first-order chi connectivity index (χ1) is 37.6. The van der Waals surface area contributed by atoms with E-state index in [2.05, 4.69) is 221 Å². The molecule has 0 atom stereocenters. The van der Waals surface area contributed by atoms with E-state index in [0.29, 0.717) is 17.6 Å². The Balaban J connectivity index is 0.915. The fourth-order valence-electron chi connectivity index (χ4n) is 11.7. The SMILES string of the molecule is c1ccc(-c2nc(-c3ccc4c(c3)oc3ccccc34)nc(-n3c4ccc(-n5c6ccccc6c6ccccc65)cc4c4cccc(-c5cccc(-c6cccc(-c7ccc8sc9ccccc9c8c7)c6)c5)c43)n2)cc1. The highest BCUT2D eigenvalue weighted by molar-refractivity contribution is 7.25. The minimum Gasteiger partial charge on any atom is -0.456 e. The number of rotatable bonds is 7. The van der Waals surface area contributed by atoms with E-state index in [0.717, 1.165) is 93.8 Å². The maximum absolute atomic E-state index is 6.43. The van der Waals surface area contributed by atoms with Gasteiger partial charge in [-0.15, -0.1) is 11.3 Å². The molecule has 0 spiro atoms. The molecule has 0 aliphatic heterocycles. The van der Waals surface area contributed by atoms with Crippen LogP contribution in [-0.2, 0) is 0 Å². The summed E-state index contributed by atoms with van der Waals surface area (Å²) in [7, 11) is 0. The van der Waals surface area contributed by atoms with Crippen molar-refractivity contribution in [3.05, 3.63) is 249 Å². The standard InChI is InChI=1S/C69H41N5OS/c1-2-15-42(16-3-1)67-70-68(48-31-34-54-53-23-6-10-29-62(53)75-63(54)40-48)72-69(71-67)74-61-35-33-49(73-59-27-8-4-21-51(59)52-22-5-9-28-60(52)73)41-57(61)56-26-14-25-50(66(56)74)47-20-13-19-45(38-47)43-17-12-18-44(37-43)46-32-36-65-58(39-46)55-24-7-11-30-64(55)76-65/h1-41H. The minimum atomic E-state index is 0.518. The van der Waals surface area contributed by atoms with Crippen LogP contribution in [-0.4, -0.2) is 24.1 Å². The zero-order valence-electron chi connectivity index (χ0n) is 40.7. The lowest BCUT2D eigenvalue weighted by atomic mass is 9.95. The molecular weight excluding hydrogens is 947 g/mol. The van der Waals surface area contributed by atoms with Crippen molar-refractivity contribution < 1.29 is 4.42 Å². The zero-order chi connectivity index (χ0) is 49.8. The molecule has 0 aliphatic carbocycles. The highest BCUT2D eigenvalue weighted by Gasteiger charge is 2.23. The first-order valence-corrected chi connectivity index (χ1v) is 26.4. The van der Waals surface area contributed by atoms with E-state index in [-0.39, 0.29) is 0 Å². The van der Waals surface area contributed by atoms with Crippen LogP contribution in [0.5, 0.6) is 0 Å². The summed E-state index contributed by atoms with van der Waals surface area (Å²) in [6.45, 7) is 0. The third-order valence-corrected chi connectivity index (χ3v) is 16.3. The Bertz CT molecular complexity index is 4970. The summed E-state index contributed by atoms with van der Waals surface area (Å²) in [6, 6.07) is 88.9. The lowest BCUT2D eigenvalue weighted by molar-refractivity contribution is 0.669. The number of benzene rings is 11. The van der Waals surface area contributed by atoms with E-state index in [9.17, 15) is 0 Å².